The molecule has 0 rings (SSSR count). The van der Waals surface area contributed by atoms with E-state index in [-0.39, 0.29) is 25.7 Å². The van der Waals surface area contributed by atoms with Crippen molar-refractivity contribution in [2.24, 2.45) is 0 Å². The lowest BCUT2D eigenvalue weighted by atomic mass is 10.0. The van der Waals surface area contributed by atoms with Gasteiger partial charge in [-0.15, -0.1) is 0 Å². The van der Waals surface area contributed by atoms with E-state index < -0.39 is 97.5 Å². The minimum Gasteiger partial charge on any atom is -0.462 e. The SMILES string of the molecule is CCCCC/C=C\C/C=C\CCCCCCCC(=O)OCC(COP(=O)(O)OCC(O)COP(=O)(O)OCC(COC(=O)CCCCCCC/C=C\CCCCCC)OC(=O)CCCCCCCCCCCCC)OC(=O)CCCCCCCCCCCCCCC. The van der Waals surface area contributed by atoms with Crippen molar-refractivity contribution in [1.82, 2.24) is 0 Å². The van der Waals surface area contributed by atoms with Crippen LogP contribution in [0.5, 0.6) is 0 Å². The van der Waals surface area contributed by atoms with E-state index in [9.17, 15) is 43.2 Å². The Bertz CT molecular complexity index is 1900. The molecule has 5 atom stereocenters. The molecule has 0 saturated heterocycles. The van der Waals surface area contributed by atoms with Crippen molar-refractivity contribution in [3.05, 3.63) is 36.5 Å². The molecule has 0 aromatic heterocycles. The Balaban J connectivity index is 5.29. The van der Waals surface area contributed by atoms with Crippen LogP contribution in [0.25, 0.3) is 0 Å². The van der Waals surface area contributed by atoms with E-state index in [0.717, 1.165) is 135 Å². The van der Waals surface area contributed by atoms with Gasteiger partial charge in [-0.3, -0.25) is 37.3 Å². The lowest BCUT2D eigenvalue weighted by molar-refractivity contribution is -0.161. The highest BCUT2D eigenvalue weighted by molar-refractivity contribution is 7.47. The van der Waals surface area contributed by atoms with Crippen molar-refractivity contribution in [3.63, 3.8) is 0 Å². The number of ether oxygens (including phenoxy) is 4. The standard InChI is InChI=1S/C73H136O17P2/c1-5-9-13-17-21-25-29-32-33-36-39-42-46-50-54-58-71(76)84-64-69(90-73(78)60-56-52-48-44-40-35-31-27-23-19-15-11-7-3)66-88-92(81,82)86-62-67(74)61-85-91(79,80)87-65-68(89-72(77)59-55-51-47-43-37-28-24-20-16-12-8-4)63-83-70(75)57-53-49-45-41-38-34-30-26-22-18-14-10-6-2/h21,25-26,30,32-33,67-69,74H,5-20,22-24,27-29,31,34-66H2,1-4H3,(H,79,80)(H,81,82)/b25-21-,30-26-,33-32-. The van der Waals surface area contributed by atoms with Crippen LogP contribution >= 0.6 is 15.6 Å². The number of hydrogen-bond donors (Lipinski definition) is 3. The number of aliphatic hydroxyl groups excluding tert-OH is 1. The van der Waals surface area contributed by atoms with E-state index in [1.807, 2.05) is 0 Å². The van der Waals surface area contributed by atoms with Crippen LogP contribution in [0.15, 0.2) is 36.5 Å². The molecule has 0 saturated carbocycles. The highest BCUT2D eigenvalue weighted by Gasteiger charge is 2.30. The Morgan fingerprint density at radius 2 is 0.533 bits per heavy atom. The largest absolute Gasteiger partial charge is 0.472 e. The van der Waals surface area contributed by atoms with Crippen LogP contribution < -0.4 is 0 Å². The predicted molar refractivity (Wildman–Crippen MR) is 372 cm³/mol. The summed E-state index contributed by atoms with van der Waals surface area (Å²) in [6.45, 7) is 4.86. The number of allylic oxidation sites excluding steroid dienone is 6. The minimum absolute atomic E-state index is 0.100. The van der Waals surface area contributed by atoms with E-state index in [0.29, 0.717) is 25.7 Å². The van der Waals surface area contributed by atoms with Crippen molar-refractivity contribution in [1.29, 1.82) is 0 Å². The van der Waals surface area contributed by atoms with Crippen LogP contribution in [0.3, 0.4) is 0 Å². The fourth-order valence-electron chi connectivity index (χ4n) is 10.4. The Hall–Kier alpha value is -2.72. The third-order valence-electron chi connectivity index (χ3n) is 16.1. The van der Waals surface area contributed by atoms with E-state index in [4.69, 9.17) is 37.0 Å². The highest BCUT2D eigenvalue weighted by atomic mass is 31.2. The summed E-state index contributed by atoms with van der Waals surface area (Å²) < 4.78 is 68.3. The average molecular weight is 1350 g/mol. The number of carbonyl (C=O) groups excluding carboxylic acids is 4. The summed E-state index contributed by atoms with van der Waals surface area (Å²) in [5.41, 5.74) is 0. The lowest BCUT2D eigenvalue weighted by Crippen LogP contribution is -2.30. The van der Waals surface area contributed by atoms with Crippen molar-refractivity contribution in [3.8, 4) is 0 Å². The molecular weight excluding hydrogens is 1210 g/mol. The highest BCUT2D eigenvalue weighted by Crippen LogP contribution is 2.45. The summed E-state index contributed by atoms with van der Waals surface area (Å²) >= 11 is 0. The fourth-order valence-corrected chi connectivity index (χ4v) is 11.9. The molecule has 0 bridgehead atoms. The molecule has 0 aliphatic carbocycles. The van der Waals surface area contributed by atoms with Crippen molar-refractivity contribution < 1.29 is 80.2 Å². The second-order valence-electron chi connectivity index (χ2n) is 25.2. The Labute approximate surface area is 560 Å². The predicted octanol–water partition coefficient (Wildman–Crippen LogP) is 20.8. The number of carbonyl (C=O) groups is 4. The number of phosphoric acid groups is 2. The zero-order chi connectivity index (χ0) is 67.5. The lowest BCUT2D eigenvalue weighted by Gasteiger charge is -2.21. The first-order valence-electron chi connectivity index (χ1n) is 37.2. The molecule has 3 N–H and O–H groups in total. The molecule has 0 radical (unpaired) electrons. The molecular formula is C73H136O17P2. The van der Waals surface area contributed by atoms with Crippen LogP contribution in [0.4, 0.5) is 0 Å². The maximum Gasteiger partial charge on any atom is 0.472 e. The van der Waals surface area contributed by atoms with E-state index in [1.165, 1.54) is 135 Å². The molecule has 0 aliphatic heterocycles. The molecule has 17 nitrogen and oxygen atoms in total. The van der Waals surface area contributed by atoms with Crippen LogP contribution in [0.2, 0.25) is 0 Å². The van der Waals surface area contributed by atoms with Crippen LogP contribution in [0.1, 0.15) is 349 Å². The summed E-state index contributed by atoms with van der Waals surface area (Å²) in [6, 6.07) is 0. The Morgan fingerprint density at radius 3 is 0.848 bits per heavy atom. The van der Waals surface area contributed by atoms with Crippen LogP contribution in [0, 0.1) is 0 Å². The summed E-state index contributed by atoms with van der Waals surface area (Å²) in [6.07, 6.45) is 60.0. The molecule has 0 aromatic carbocycles. The maximum atomic E-state index is 13.0. The summed E-state index contributed by atoms with van der Waals surface area (Å²) in [5.74, 6) is -2.16. The number of rotatable bonds is 71. The van der Waals surface area contributed by atoms with E-state index in [2.05, 4.69) is 64.2 Å². The van der Waals surface area contributed by atoms with Crippen molar-refractivity contribution >= 4 is 39.5 Å². The normalized spacial score (nSPS) is 14.2. The monoisotopic (exact) mass is 1350 g/mol. The molecule has 0 heterocycles. The van der Waals surface area contributed by atoms with Gasteiger partial charge >= 0.3 is 39.5 Å². The molecule has 540 valence electrons. The molecule has 0 spiro atoms. The molecule has 0 aliphatic rings. The van der Waals surface area contributed by atoms with Gasteiger partial charge in [0.15, 0.2) is 12.2 Å². The van der Waals surface area contributed by atoms with Gasteiger partial charge in [0.05, 0.1) is 26.4 Å². The molecule has 5 unspecified atom stereocenters. The van der Waals surface area contributed by atoms with E-state index in [1.54, 1.807) is 0 Å². The third-order valence-corrected chi connectivity index (χ3v) is 18.0. The zero-order valence-corrected chi connectivity index (χ0v) is 60.5. The van der Waals surface area contributed by atoms with E-state index >= 15 is 0 Å². The number of phosphoric ester groups is 2. The first kappa shape index (κ1) is 89.3. The molecule has 0 aromatic rings. The first-order chi connectivity index (χ1) is 44.7. The molecule has 92 heavy (non-hydrogen) atoms. The van der Waals surface area contributed by atoms with Gasteiger partial charge in [-0.25, -0.2) is 9.13 Å². The second kappa shape index (κ2) is 66.9. The van der Waals surface area contributed by atoms with Crippen LogP contribution in [-0.4, -0.2) is 96.7 Å². The molecule has 0 amide bonds. The summed E-state index contributed by atoms with van der Waals surface area (Å²) in [7, 11) is -9.92. The third kappa shape index (κ3) is 65.9. The number of esters is 4. The average Bonchev–Trinajstić information content (AvgIpc) is 2.73. The maximum absolute atomic E-state index is 13.0. The van der Waals surface area contributed by atoms with Crippen LogP contribution in [-0.2, 0) is 65.4 Å². The van der Waals surface area contributed by atoms with Gasteiger partial charge < -0.3 is 33.8 Å². The van der Waals surface area contributed by atoms with Gasteiger partial charge in [-0.2, -0.15) is 0 Å². The minimum atomic E-state index is -4.96. The molecule has 0 fully saturated rings. The quantitative estimate of drug-likeness (QED) is 0.0169. The summed E-state index contributed by atoms with van der Waals surface area (Å²) in [4.78, 5) is 72.6. The molecule has 19 heteroatoms. The van der Waals surface area contributed by atoms with Crippen molar-refractivity contribution in [2.45, 2.75) is 367 Å². The second-order valence-corrected chi connectivity index (χ2v) is 28.2. The topological polar surface area (TPSA) is 237 Å². The number of hydrogen-bond acceptors (Lipinski definition) is 15. The zero-order valence-electron chi connectivity index (χ0n) is 58.7. The van der Waals surface area contributed by atoms with Gasteiger partial charge in [-0.1, -0.05) is 276 Å². The Morgan fingerprint density at radius 1 is 0.304 bits per heavy atom. The Kier molecular flexibility index (Phi) is 64.9. The summed E-state index contributed by atoms with van der Waals surface area (Å²) in [5, 5.41) is 10.6. The van der Waals surface area contributed by atoms with Crippen molar-refractivity contribution in [2.75, 3.05) is 39.6 Å². The van der Waals surface area contributed by atoms with Gasteiger partial charge in [-0.05, 0) is 83.5 Å². The number of unbranched alkanes of at least 4 members (excludes halogenated alkanes) is 39. The van der Waals surface area contributed by atoms with Gasteiger partial charge in [0.25, 0.3) is 0 Å². The van der Waals surface area contributed by atoms with Gasteiger partial charge in [0.1, 0.15) is 19.3 Å². The van der Waals surface area contributed by atoms with Gasteiger partial charge in [0, 0.05) is 25.7 Å². The first-order valence-corrected chi connectivity index (χ1v) is 40.2. The fraction of sp³-hybridized carbons (Fsp3) is 0.863. The smallest absolute Gasteiger partial charge is 0.462 e. The van der Waals surface area contributed by atoms with Gasteiger partial charge in [0.2, 0.25) is 0 Å². The number of aliphatic hydroxyl groups is 1.